The molecule has 0 bridgehead atoms. The number of nitrogens with two attached hydrogens (primary N) is 1. The SMILES string of the molecule is Nc1c(F)cccc1S(=O)(=O)NCC(F)(F)C(F)F. The molecule has 0 aliphatic rings. The molecule has 0 aliphatic carbocycles. The van der Waals surface area contributed by atoms with Gasteiger partial charge in [0.15, 0.2) is 0 Å². The minimum atomic E-state index is -4.61. The van der Waals surface area contributed by atoms with Crippen molar-refractivity contribution in [3.8, 4) is 0 Å². The summed E-state index contributed by atoms with van der Waals surface area (Å²) >= 11 is 0. The third-order valence-corrected chi connectivity index (χ3v) is 3.58. The molecule has 0 atom stereocenters. The molecule has 1 aromatic carbocycles. The van der Waals surface area contributed by atoms with Crippen molar-refractivity contribution in [2.24, 2.45) is 0 Å². The normalized spacial score (nSPS) is 12.9. The Labute approximate surface area is 105 Å². The highest BCUT2D eigenvalue weighted by Gasteiger charge is 2.41. The Morgan fingerprint density at radius 2 is 1.89 bits per heavy atom. The maximum Gasteiger partial charge on any atom is 0.320 e. The lowest BCUT2D eigenvalue weighted by molar-refractivity contribution is -0.122. The highest BCUT2D eigenvalue weighted by Crippen LogP contribution is 2.24. The Balaban J connectivity index is 2.97. The number of hydrogen-bond donors (Lipinski definition) is 2. The Hall–Kier alpha value is -1.42. The molecule has 108 valence electrons. The van der Waals surface area contributed by atoms with Gasteiger partial charge in [-0.2, -0.15) is 8.78 Å². The molecule has 19 heavy (non-hydrogen) atoms. The van der Waals surface area contributed by atoms with E-state index in [1.54, 1.807) is 0 Å². The van der Waals surface area contributed by atoms with E-state index in [1.165, 1.54) is 4.72 Å². The predicted molar refractivity (Wildman–Crippen MR) is 57.0 cm³/mol. The largest absolute Gasteiger partial charge is 0.395 e. The summed E-state index contributed by atoms with van der Waals surface area (Å²) in [6, 6.07) is 2.72. The van der Waals surface area contributed by atoms with Gasteiger partial charge < -0.3 is 5.73 Å². The number of sulfonamides is 1. The zero-order valence-corrected chi connectivity index (χ0v) is 10.0. The molecule has 0 aliphatic heterocycles. The molecule has 0 radical (unpaired) electrons. The van der Waals surface area contributed by atoms with Crippen LogP contribution in [0.3, 0.4) is 0 Å². The second kappa shape index (κ2) is 5.29. The number of benzene rings is 1. The van der Waals surface area contributed by atoms with Gasteiger partial charge in [-0.05, 0) is 12.1 Å². The second-order valence-corrected chi connectivity index (χ2v) is 5.27. The van der Waals surface area contributed by atoms with Crippen LogP contribution in [0.25, 0.3) is 0 Å². The van der Waals surface area contributed by atoms with Crippen LogP contribution >= 0.6 is 0 Å². The van der Waals surface area contributed by atoms with Crippen LogP contribution in [0.5, 0.6) is 0 Å². The van der Waals surface area contributed by atoms with E-state index < -0.39 is 45.3 Å². The summed E-state index contributed by atoms with van der Waals surface area (Å²) < 4.78 is 86.3. The number of para-hydroxylation sites is 1. The first-order chi connectivity index (χ1) is 8.58. The molecule has 0 heterocycles. The van der Waals surface area contributed by atoms with Crippen molar-refractivity contribution in [2.45, 2.75) is 17.2 Å². The van der Waals surface area contributed by atoms with Crippen LogP contribution in [-0.4, -0.2) is 27.3 Å². The number of nitrogen functional groups attached to an aromatic ring is 1. The molecule has 0 amide bonds. The number of anilines is 1. The summed E-state index contributed by atoms with van der Waals surface area (Å²) in [5.41, 5.74) is 4.36. The van der Waals surface area contributed by atoms with Gasteiger partial charge in [-0.3, -0.25) is 0 Å². The van der Waals surface area contributed by atoms with Crippen LogP contribution in [-0.2, 0) is 10.0 Å². The van der Waals surface area contributed by atoms with Crippen LogP contribution < -0.4 is 10.5 Å². The first kappa shape index (κ1) is 15.6. The Bertz CT molecular complexity index is 562. The summed E-state index contributed by atoms with van der Waals surface area (Å²) in [4.78, 5) is -0.794. The van der Waals surface area contributed by atoms with Crippen molar-refractivity contribution in [3.63, 3.8) is 0 Å². The van der Waals surface area contributed by atoms with Gasteiger partial charge in [0.25, 0.3) is 0 Å². The van der Waals surface area contributed by atoms with Crippen molar-refractivity contribution < 1.29 is 30.4 Å². The van der Waals surface area contributed by atoms with Crippen LogP contribution in [0.15, 0.2) is 23.1 Å². The van der Waals surface area contributed by atoms with Gasteiger partial charge in [0, 0.05) is 0 Å². The summed E-state index contributed by atoms with van der Waals surface area (Å²) in [5.74, 6) is -5.60. The topological polar surface area (TPSA) is 72.2 Å². The van der Waals surface area contributed by atoms with Gasteiger partial charge in [0.2, 0.25) is 10.0 Å². The first-order valence-electron chi connectivity index (χ1n) is 4.77. The van der Waals surface area contributed by atoms with Gasteiger partial charge in [-0.15, -0.1) is 0 Å². The lowest BCUT2D eigenvalue weighted by Crippen LogP contribution is -2.41. The van der Waals surface area contributed by atoms with Gasteiger partial charge in [-0.25, -0.2) is 26.3 Å². The zero-order valence-electron chi connectivity index (χ0n) is 9.21. The molecule has 1 aromatic rings. The minimum Gasteiger partial charge on any atom is -0.395 e. The average Bonchev–Trinajstić information content (AvgIpc) is 2.30. The monoisotopic (exact) mass is 304 g/mol. The summed E-state index contributed by atoms with van der Waals surface area (Å²) in [5, 5.41) is 0. The van der Waals surface area contributed by atoms with Gasteiger partial charge in [0.05, 0.1) is 12.2 Å². The van der Waals surface area contributed by atoms with Crippen molar-refractivity contribution in [1.29, 1.82) is 0 Å². The smallest absolute Gasteiger partial charge is 0.320 e. The van der Waals surface area contributed by atoms with Crippen LogP contribution in [0, 0.1) is 5.82 Å². The lowest BCUT2D eigenvalue weighted by Gasteiger charge is -2.16. The van der Waals surface area contributed by atoms with Crippen LogP contribution in [0.4, 0.5) is 27.6 Å². The van der Waals surface area contributed by atoms with Crippen LogP contribution in [0.2, 0.25) is 0 Å². The number of halogens is 5. The van der Waals surface area contributed by atoms with E-state index in [0.29, 0.717) is 0 Å². The van der Waals surface area contributed by atoms with E-state index in [9.17, 15) is 30.4 Å². The molecule has 0 saturated heterocycles. The molecule has 0 unspecified atom stereocenters. The third kappa shape index (κ3) is 3.53. The standard InChI is InChI=1S/C9H9F5N2O2S/c10-5-2-1-3-6(7(5)15)19(17,18)16-4-9(13,14)8(11)12/h1-3,8,16H,4,15H2. The molecular formula is C9H9F5N2O2S. The molecule has 1 rings (SSSR count). The third-order valence-electron chi connectivity index (χ3n) is 2.12. The van der Waals surface area contributed by atoms with Gasteiger partial charge in [-0.1, -0.05) is 6.07 Å². The lowest BCUT2D eigenvalue weighted by atomic mass is 10.3. The molecule has 0 aromatic heterocycles. The van der Waals surface area contributed by atoms with Crippen molar-refractivity contribution in [1.82, 2.24) is 4.72 Å². The highest BCUT2D eigenvalue weighted by molar-refractivity contribution is 7.89. The number of alkyl halides is 4. The predicted octanol–water partition coefficient (Wildman–Crippen LogP) is 1.59. The van der Waals surface area contributed by atoms with E-state index in [0.717, 1.165) is 18.2 Å². The number of rotatable bonds is 5. The fraction of sp³-hybridized carbons (Fsp3) is 0.333. The summed E-state index contributed by atoms with van der Waals surface area (Å²) in [7, 11) is -4.61. The van der Waals surface area contributed by atoms with E-state index in [-0.39, 0.29) is 0 Å². The van der Waals surface area contributed by atoms with Gasteiger partial charge in [0.1, 0.15) is 10.7 Å². The fourth-order valence-corrected chi connectivity index (χ4v) is 2.28. The molecule has 0 spiro atoms. The zero-order chi connectivity index (χ0) is 14.8. The van der Waals surface area contributed by atoms with Crippen molar-refractivity contribution >= 4 is 15.7 Å². The molecule has 0 fully saturated rings. The van der Waals surface area contributed by atoms with E-state index in [1.807, 2.05) is 0 Å². The maximum atomic E-state index is 13.0. The molecular weight excluding hydrogens is 295 g/mol. The molecule has 10 heteroatoms. The fourth-order valence-electron chi connectivity index (χ4n) is 1.10. The maximum absolute atomic E-state index is 13.0. The summed E-state index contributed by atoms with van der Waals surface area (Å²) in [6.07, 6.45) is -4.03. The van der Waals surface area contributed by atoms with E-state index >= 15 is 0 Å². The molecule has 3 N–H and O–H groups in total. The Morgan fingerprint density at radius 1 is 1.32 bits per heavy atom. The number of nitrogens with one attached hydrogen (secondary N) is 1. The second-order valence-electron chi connectivity index (χ2n) is 3.54. The quantitative estimate of drug-likeness (QED) is 0.641. The average molecular weight is 304 g/mol. The minimum absolute atomic E-state index is 0.782. The van der Waals surface area contributed by atoms with E-state index in [2.05, 4.69) is 0 Å². The van der Waals surface area contributed by atoms with Crippen LogP contribution in [0.1, 0.15) is 0 Å². The number of hydrogen-bond acceptors (Lipinski definition) is 3. The van der Waals surface area contributed by atoms with Crippen molar-refractivity contribution in [2.75, 3.05) is 12.3 Å². The summed E-state index contributed by atoms with van der Waals surface area (Å²) in [6.45, 7) is -1.82. The first-order valence-corrected chi connectivity index (χ1v) is 6.26. The van der Waals surface area contributed by atoms with Gasteiger partial charge >= 0.3 is 12.3 Å². The Kier molecular flexibility index (Phi) is 4.35. The highest BCUT2D eigenvalue weighted by atomic mass is 32.2. The van der Waals surface area contributed by atoms with E-state index in [4.69, 9.17) is 5.73 Å². The Morgan fingerprint density at radius 3 is 2.42 bits per heavy atom. The molecule has 4 nitrogen and oxygen atoms in total. The molecule has 0 saturated carbocycles. The van der Waals surface area contributed by atoms with Crippen molar-refractivity contribution in [3.05, 3.63) is 24.0 Å².